The summed E-state index contributed by atoms with van der Waals surface area (Å²) in [7, 11) is 0. The molecule has 0 bridgehead atoms. The molecule has 1 saturated carbocycles. The Bertz CT molecular complexity index is 333. The van der Waals surface area contributed by atoms with Crippen molar-refractivity contribution in [2.45, 2.75) is 45.2 Å². The molecule has 0 heterocycles. The molecule has 1 fully saturated rings. The van der Waals surface area contributed by atoms with Gasteiger partial charge >= 0.3 is 0 Å². The Morgan fingerprint density at radius 1 is 1.25 bits per heavy atom. The van der Waals surface area contributed by atoms with E-state index in [1.807, 2.05) is 12.1 Å². The summed E-state index contributed by atoms with van der Waals surface area (Å²) < 4.78 is 0. The third-order valence-corrected chi connectivity index (χ3v) is 3.72. The standard InChI is InChI=1S/C14H21NO/c1-10-4-3-5-14(10)15-11(2)12-6-8-13(16)9-7-12/h6-11,14-16H,3-5H2,1-2H3. The van der Waals surface area contributed by atoms with Crippen LogP contribution in [0.5, 0.6) is 5.75 Å². The zero-order valence-corrected chi connectivity index (χ0v) is 10.1. The van der Waals surface area contributed by atoms with Crippen molar-refractivity contribution in [1.29, 1.82) is 0 Å². The maximum Gasteiger partial charge on any atom is 0.115 e. The first-order valence-electron chi connectivity index (χ1n) is 6.22. The molecule has 1 aliphatic rings. The van der Waals surface area contributed by atoms with E-state index in [-0.39, 0.29) is 0 Å². The summed E-state index contributed by atoms with van der Waals surface area (Å²) in [4.78, 5) is 0. The van der Waals surface area contributed by atoms with Crippen LogP contribution in [0.25, 0.3) is 0 Å². The Morgan fingerprint density at radius 2 is 1.94 bits per heavy atom. The van der Waals surface area contributed by atoms with Gasteiger partial charge in [-0.15, -0.1) is 0 Å². The summed E-state index contributed by atoms with van der Waals surface area (Å²) in [5.74, 6) is 1.13. The molecule has 3 unspecified atom stereocenters. The molecule has 16 heavy (non-hydrogen) atoms. The van der Waals surface area contributed by atoms with E-state index in [0.29, 0.717) is 17.8 Å². The zero-order chi connectivity index (χ0) is 11.5. The molecule has 2 N–H and O–H groups in total. The van der Waals surface area contributed by atoms with Gasteiger partial charge in [-0.2, -0.15) is 0 Å². The number of aromatic hydroxyl groups is 1. The minimum absolute atomic E-state index is 0.338. The van der Waals surface area contributed by atoms with Crippen molar-refractivity contribution >= 4 is 0 Å². The SMILES string of the molecule is CC(NC1CCCC1C)c1ccc(O)cc1. The van der Waals surface area contributed by atoms with Crippen molar-refractivity contribution in [3.63, 3.8) is 0 Å². The van der Waals surface area contributed by atoms with Crippen LogP contribution in [0.4, 0.5) is 0 Å². The number of hydrogen-bond acceptors (Lipinski definition) is 2. The second kappa shape index (κ2) is 4.88. The smallest absolute Gasteiger partial charge is 0.115 e. The molecule has 0 radical (unpaired) electrons. The molecule has 0 aromatic heterocycles. The number of benzene rings is 1. The van der Waals surface area contributed by atoms with E-state index in [2.05, 4.69) is 19.2 Å². The zero-order valence-electron chi connectivity index (χ0n) is 10.1. The highest BCUT2D eigenvalue weighted by Crippen LogP contribution is 2.27. The molecule has 3 atom stereocenters. The van der Waals surface area contributed by atoms with Gasteiger partial charge in [0.15, 0.2) is 0 Å². The Kier molecular flexibility index (Phi) is 3.49. The average Bonchev–Trinajstić information content (AvgIpc) is 2.65. The van der Waals surface area contributed by atoms with Crippen molar-refractivity contribution in [1.82, 2.24) is 5.32 Å². The minimum atomic E-state index is 0.338. The largest absolute Gasteiger partial charge is 0.508 e. The molecule has 0 spiro atoms. The maximum absolute atomic E-state index is 9.24. The van der Waals surface area contributed by atoms with Crippen LogP contribution in [0.3, 0.4) is 0 Å². The van der Waals surface area contributed by atoms with E-state index in [1.54, 1.807) is 12.1 Å². The Morgan fingerprint density at radius 3 is 2.50 bits per heavy atom. The molecule has 0 aliphatic heterocycles. The number of hydrogen-bond donors (Lipinski definition) is 2. The summed E-state index contributed by atoms with van der Waals surface area (Å²) >= 11 is 0. The van der Waals surface area contributed by atoms with E-state index in [9.17, 15) is 5.11 Å². The van der Waals surface area contributed by atoms with Gasteiger partial charge in [-0.3, -0.25) is 0 Å². The molecule has 1 aliphatic carbocycles. The highest BCUT2D eigenvalue weighted by Gasteiger charge is 2.24. The average molecular weight is 219 g/mol. The number of phenols is 1. The van der Waals surface area contributed by atoms with Crippen molar-refractivity contribution in [2.24, 2.45) is 5.92 Å². The van der Waals surface area contributed by atoms with Gasteiger partial charge in [-0.1, -0.05) is 25.5 Å². The predicted molar refractivity (Wildman–Crippen MR) is 66.5 cm³/mol. The van der Waals surface area contributed by atoms with Crippen LogP contribution in [-0.4, -0.2) is 11.1 Å². The summed E-state index contributed by atoms with van der Waals surface area (Å²) in [5.41, 5.74) is 1.25. The van der Waals surface area contributed by atoms with E-state index in [4.69, 9.17) is 0 Å². The Balaban J connectivity index is 1.97. The monoisotopic (exact) mass is 219 g/mol. The third-order valence-electron chi connectivity index (χ3n) is 3.72. The fourth-order valence-electron chi connectivity index (χ4n) is 2.57. The van der Waals surface area contributed by atoms with Gasteiger partial charge in [-0.25, -0.2) is 0 Å². The van der Waals surface area contributed by atoms with Crippen molar-refractivity contribution in [2.75, 3.05) is 0 Å². The van der Waals surface area contributed by atoms with Crippen LogP contribution in [0, 0.1) is 5.92 Å². The molecule has 2 nitrogen and oxygen atoms in total. The van der Waals surface area contributed by atoms with E-state index in [0.717, 1.165) is 5.92 Å². The molecule has 1 aromatic carbocycles. The van der Waals surface area contributed by atoms with E-state index in [1.165, 1.54) is 24.8 Å². The molecule has 88 valence electrons. The topological polar surface area (TPSA) is 32.3 Å². The number of rotatable bonds is 3. The van der Waals surface area contributed by atoms with Gasteiger partial charge < -0.3 is 10.4 Å². The lowest BCUT2D eigenvalue weighted by molar-refractivity contribution is 0.388. The second-order valence-electron chi connectivity index (χ2n) is 4.99. The normalized spacial score (nSPS) is 26.9. The van der Waals surface area contributed by atoms with Crippen molar-refractivity contribution in [3.05, 3.63) is 29.8 Å². The first-order valence-corrected chi connectivity index (χ1v) is 6.22. The second-order valence-corrected chi connectivity index (χ2v) is 4.99. The summed E-state index contributed by atoms with van der Waals surface area (Å²) in [6.45, 7) is 4.52. The van der Waals surface area contributed by atoms with Crippen molar-refractivity contribution < 1.29 is 5.11 Å². The van der Waals surface area contributed by atoms with E-state index < -0.39 is 0 Å². The van der Waals surface area contributed by atoms with Gasteiger partial charge in [0.1, 0.15) is 5.75 Å². The lowest BCUT2D eigenvalue weighted by Gasteiger charge is -2.23. The quantitative estimate of drug-likeness (QED) is 0.818. The first-order chi connectivity index (χ1) is 7.66. The van der Waals surface area contributed by atoms with Crippen LogP contribution >= 0.6 is 0 Å². The highest BCUT2D eigenvalue weighted by molar-refractivity contribution is 5.27. The van der Waals surface area contributed by atoms with Crippen LogP contribution < -0.4 is 5.32 Å². The molecular weight excluding hydrogens is 198 g/mol. The van der Waals surface area contributed by atoms with Gasteiger partial charge in [0.05, 0.1) is 0 Å². The molecule has 2 heteroatoms. The van der Waals surface area contributed by atoms with Gasteiger partial charge in [-0.05, 0) is 43.4 Å². The lowest BCUT2D eigenvalue weighted by atomic mass is 10.0. The predicted octanol–water partition coefficient (Wildman–Crippen LogP) is 3.23. The number of nitrogens with one attached hydrogen (secondary N) is 1. The molecule has 0 saturated heterocycles. The molecule has 0 amide bonds. The van der Waals surface area contributed by atoms with E-state index >= 15 is 0 Å². The fourth-order valence-corrected chi connectivity index (χ4v) is 2.57. The Hall–Kier alpha value is -1.02. The Labute approximate surface area is 97.7 Å². The van der Waals surface area contributed by atoms with Crippen LogP contribution in [-0.2, 0) is 0 Å². The molecule has 1 aromatic rings. The summed E-state index contributed by atoms with van der Waals surface area (Å²) in [6, 6.07) is 8.52. The van der Waals surface area contributed by atoms with Crippen LogP contribution in [0.2, 0.25) is 0 Å². The van der Waals surface area contributed by atoms with Gasteiger partial charge in [0, 0.05) is 12.1 Å². The van der Waals surface area contributed by atoms with Gasteiger partial charge in [0.25, 0.3) is 0 Å². The fraction of sp³-hybridized carbons (Fsp3) is 0.571. The summed E-state index contributed by atoms with van der Waals surface area (Å²) in [5, 5.41) is 12.9. The lowest BCUT2D eigenvalue weighted by Crippen LogP contribution is -2.33. The highest BCUT2D eigenvalue weighted by atomic mass is 16.3. The first kappa shape index (κ1) is 11.5. The van der Waals surface area contributed by atoms with Crippen LogP contribution in [0.1, 0.15) is 44.7 Å². The minimum Gasteiger partial charge on any atom is -0.508 e. The number of phenolic OH excluding ortho intramolecular Hbond substituents is 1. The summed E-state index contributed by atoms with van der Waals surface area (Å²) in [6.07, 6.45) is 3.99. The molecular formula is C14H21NO. The maximum atomic E-state index is 9.24. The van der Waals surface area contributed by atoms with Crippen molar-refractivity contribution in [3.8, 4) is 5.75 Å². The molecule has 2 rings (SSSR count). The van der Waals surface area contributed by atoms with Gasteiger partial charge in [0.2, 0.25) is 0 Å². The third kappa shape index (κ3) is 2.56. The van der Waals surface area contributed by atoms with Crippen LogP contribution in [0.15, 0.2) is 24.3 Å².